The molecule has 0 bridgehead atoms. The van der Waals surface area contributed by atoms with Gasteiger partial charge in [-0.2, -0.15) is 0 Å². The molecule has 0 aliphatic carbocycles. The first kappa shape index (κ1) is 21.3. The highest BCUT2D eigenvalue weighted by Gasteiger charge is 2.37. The highest BCUT2D eigenvalue weighted by atomic mass is 31.2. The molecule has 0 spiro atoms. The van der Waals surface area contributed by atoms with Gasteiger partial charge in [-0.1, -0.05) is 72.8 Å². The molecule has 3 aromatic carbocycles. The minimum absolute atomic E-state index is 0.205. The van der Waals surface area contributed by atoms with Crippen LogP contribution in [0, 0.1) is 0 Å². The molecule has 1 N–H and O–H groups in total. The van der Waals surface area contributed by atoms with Crippen molar-refractivity contribution in [3.63, 3.8) is 0 Å². The third-order valence-electron chi connectivity index (χ3n) is 4.85. The lowest BCUT2D eigenvalue weighted by atomic mass is 9.98. The summed E-state index contributed by atoms with van der Waals surface area (Å²) >= 11 is 0. The Bertz CT molecular complexity index is 885. The van der Waals surface area contributed by atoms with Crippen LogP contribution < -0.4 is 10.1 Å². The van der Waals surface area contributed by atoms with Crippen LogP contribution in [0.4, 0.5) is 0 Å². The molecule has 152 valence electrons. The summed E-state index contributed by atoms with van der Waals surface area (Å²) in [6.45, 7) is 0. The summed E-state index contributed by atoms with van der Waals surface area (Å²) in [5.41, 5.74) is 2.89. The van der Waals surface area contributed by atoms with Crippen molar-refractivity contribution in [3.05, 3.63) is 102 Å². The van der Waals surface area contributed by atoms with Crippen LogP contribution in [-0.4, -0.2) is 21.3 Å². The van der Waals surface area contributed by atoms with E-state index in [1.165, 1.54) is 14.2 Å². The van der Waals surface area contributed by atoms with Crippen LogP contribution in [0.25, 0.3) is 0 Å². The van der Waals surface area contributed by atoms with Gasteiger partial charge in [-0.25, -0.2) is 0 Å². The first-order valence-electron chi connectivity index (χ1n) is 9.32. The van der Waals surface area contributed by atoms with E-state index in [-0.39, 0.29) is 6.04 Å². The van der Waals surface area contributed by atoms with Gasteiger partial charge in [0.2, 0.25) is 0 Å². The van der Waals surface area contributed by atoms with E-state index in [2.05, 4.69) is 5.32 Å². The average molecular weight is 411 g/mol. The Labute approximate surface area is 172 Å². The lowest BCUT2D eigenvalue weighted by Gasteiger charge is -2.30. The maximum absolute atomic E-state index is 13.5. The van der Waals surface area contributed by atoms with Crippen molar-refractivity contribution < 1.29 is 18.3 Å². The van der Waals surface area contributed by atoms with Crippen molar-refractivity contribution in [3.8, 4) is 5.75 Å². The Morgan fingerprint density at radius 2 is 1.17 bits per heavy atom. The Morgan fingerprint density at radius 1 is 0.690 bits per heavy atom. The molecule has 0 aliphatic heterocycles. The standard InChI is InChI=1S/C23H26NO4P/c1-26-21-16-14-20(15-17-21)23(29(25,27-2)28-3)24-22(18-10-6-4-7-11-18)19-12-8-5-9-13-19/h4-17,22-24H,1-3H3/t23-/m1/s1. The minimum Gasteiger partial charge on any atom is -0.497 e. The molecule has 0 saturated carbocycles. The van der Waals surface area contributed by atoms with E-state index in [4.69, 9.17) is 13.8 Å². The summed E-state index contributed by atoms with van der Waals surface area (Å²) in [4.78, 5) is 0. The fourth-order valence-electron chi connectivity index (χ4n) is 3.28. The van der Waals surface area contributed by atoms with Crippen LogP contribution in [0.1, 0.15) is 28.5 Å². The monoisotopic (exact) mass is 411 g/mol. The van der Waals surface area contributed by atoms with Gasteiger partial charge in [0.25, 0.3) is 0 Å². The number of rotatable bonds is 9. The van der Waals surface area contributed by atoms with E-state index in [9.17, 15) is 4.57 Å². The average Bonchev–Trinajstić information content (AvgIpc) is 2.80. The summed E-state index contributed by atoms with van der Waals surface area (Å²) in [6.07, 6.45) is 0. The summed E-state index contributed by atoms with van der Waals surface area (Å²) < 4.78 is 29.5. The summed E-state index contributed by atoms with van der Waals surface area (Å²) in [6, 6.07) is 27.3. The molecule has 0 aromatic heterocycles. The zero-order valence-corrected chi connectivity index (χ0v) is 17.7. The van der Waals surface area contributed by atoms with Crippen LogP contribution in [0.2, 0.25) is 0 Å². The second-order valence-electron chi connectivity index (χ2n) is 6.50. The van der Waals surface area contributed by atoms with Crippen molar-refractivity contribution >= 4 is 7.60 Å². The van der Waals surface area contributed by atoms with Crippen molar-refractivity contribution in [1.82, 2.24) is 5.32 Å². The largest absolute Gasteiger partial charge is 0.497 e. The van der Waals surface area contributed by atoms with E-state index >= 15 is 0 Å². The fourth-order valence-corrected chi connectivity index (χ4v) is 4.72. The maximum atomic E-state index is 13.5. The molecule has 0 fully saturated rings. The molecule has 0 heterocycles. The molecule has 0 radical (unpaired) electrons. The Morgan fingerprint density at radius 3 is 1.59 bits per heavy atom. The van der Waals surface area contributed by atoms with Gasteiger partial charge in [-0.15, -0.1) is 0 Å². The van der Waals surface area contributed by atoms with Gasteiger partial charge in [0.15, 0.2) is 0 Å². The van der Waals surface area contributed by atoms with E-state index in [0.29, 0.717) is 0 Å². The van der Waals surface area contributed by atoms with Gasteiger partial charge in [-0.05, 0) is 28.8 Å². The maximum Gasteiger partial charge on any atom is 0.351 e. The first-order chi connectivity index (χ1) is 14.1. The SMILES string of the molecule is COc1ccc([C@H](NC(c2ccccc2)c2ccccc2)P(=O)(OC)OC)cc1. The van der Waals surface area contributed by atoms with Crippen molar-refractivity contribution in [2.24, 2.45) is 0 Å². The highest BCUT2D eigenvalue weighted by molar-refractivity contribution is 7.54. The van der Waals surface area contributed by atoms with Crippen LogP contribution >= 0.6 is 7.60 Å². The number of hydrogen-bond acceptors (Lipinski definition) is 5. The van der Waals surface area contributed by atoms with Crippen LogP contribution in [0.15, 0.2) is 84.9 Å². The number of ether oxygens (including phenoxy) is 1. The van der Waals surface area contributed by atoms with E-state index < -0.39 is 13.4 Å². The van der Waals surface area contributed by atoms with E-state index in [1.807, 2.05) is 84.9 Å². The van der Waals surface area contributed by atoms with Crippen molar-refractivity contribution in [1.29, 1.82) is 0 Å². The Balaban J connectivity index is 2.06. The lowest BCUT2D eigenvalue weighted by molar-refractivity contribution is 0.257. The summed E-state index contributed by atoms with van der Waals surface area (Å²) in [5.74, 6) is 0.0497. The molecule has 29 heavy (non-hydrogen) atoms. The number of hydrogen-bond donors (Lipinski definition) is 1. The molecule has 0 unspecified atom stereocenters. The van der Waals surface area contributed by atoms with Gasteiger partial charge in [0.1, 0.15) is 11.5 Å². The van der Waals surface area contributed by atoms with Gasteiger partial charge >= 0.3 is 7.60 Å². The molecule has 5 nitrogen and oxygen atoms in total. The lowest BCUT2D eigenvalue weighted by Crippen LogP contribution is -2.28. The molecular formula is C23H26NO4P. The van der Waals surface area contributed by atoms with Gasteiger partial charge in [0.05, 0.1) is 13.2 Å². The van der Waals surface area contributed by atoms with Gasteiger partial charge in [-0.3, -0.25) is 9.88 Å². The Hall–Kier alpha value is -2.43. The minimum atomic E-state index is -3.48. The molecule has 1 atom stereocenters. The summed E-state index contributed by atoms with van der Waals surface area (Å²) in [7, 11) is 0.939. The predicted molar refractivity (Wildman–Crippen MR) is 115 cm³/mol. The van der Waals surface area contributed by atoms with E-state index in [1.54, 1.807) is 7.11 Å². The smallest absolute Gasteiger partial charge is 0.351 e. The van der Waals surface area contributed by atoms with Crippen molar-refractivity contribution in [2.75, 3.05) is 21.3 Å². The molecule has 3 rings (SSSR count). The molecular weight excluding hydrogens is 385 g/mol. The van der Waals surface area contributed by atoms with Crippen LogP contribution in [0.5, 0.6) is 5.75 Å². The van der Waals surface area contributed by atoms with Gasteiger partial charge in [0, 0.05) is 14.2 Å². The van der Waals surface area contributed by atoms with Crippen molar-refractivity contribution in [2.45, 2.75) is 11.8 Å². The molecule has 6 heteroatoms. The normalized spacial score (nSPS) is 12.7. The molecule has 0 saturated heterocycles. The third-order valence-corrected chi connectivity index (χ3v) is 6.94. The number of nitrogens with one attached hydrogen (secondary N) is 1. The second kappa shape index (κ2) is 9.86. The predicted octanol–water partition coefficient (Wildman–Crippen LogP) is 5.56. The fraction of sp³-hybridized carbons (Fsp3) is 0.217. The summed E-state index contributed by atoms with van der Waals surface area (Å²) in [5, 5.41) is 3.53. The van der Waals surface area contributed by atoms with Gasteiger partial charge < -0.3 is 13.8 Å². The highest BCUT2D eigenvalue weighted by Crippen LogP contribution is 2.59. The zero-order valence-electron chi connectivity index (χ0n) is 16.8. The Kier molecular flexibility index (Phi) is 7.24. The molecule has 3 aromatic rings. The van der Waals surface area contributed by atoms with E-state index in [0.717, 1.165) is 22.4 Å². The number of benzene rings is 3. The first-order valence-corrected chi connectivity index (χ1v) is 10.9. The van der Waals surface area contributed by atoms with Crippen LogP contribution in [-0.2, 0) is 13.6 Å². The zero-order chi connectivity index (χ0) is 20.7. The quantitative estimate of drug-likeness (QED) is 0.467. The van der Waals surface area contributed by atoms with Crippen LogP contribution in [0.3, 0.4) is 0 Å². The molecule has 0 aliphatic rings. The topological polar surface area (TPSA) is 56.8 Å². The second-order valence-corrected chi connectivity index (χ2v) is 8.83. The molecule has 0 amide bonds. The third kappa shape index (κ3) is 4.95. The number of methoxy groups -OCH3 is 1.